The smallest absolute Gasteiger partial charge is 0.319 e. The third-order valence-corrected chi connectivity index (χ3v) is 3.57. The van der Waals surface area contributed by atoms with Crippen molar-refractivity contribution >= 4 is 40.3 Å². The molecule has 0 fully saturated rings. The number of aliphatic carboxylic acids is 1. The van der Waals surface area contributed by atoms with Crippen LogP contribution in [0.15, 0.2) is 18.2 Å². The van der Waals surface area contributed by atoms with Gasteiger partial charge in [0, 0.05) is 9.61 Å². The third kappa shape index (κ3) is 4.66. The van der Waals surface area contributed by atoms with E-state index in [1.807, 2.05) is 22.6 Å². The summed E-state index contributed by atoms with van der Waals surface area (Å²) in [5, 5.41) is 13.9. The Kier molecular flexibility index (Phi) is 5.52. The standard InChI is InChI=1S/C12H14FIN2O3/c1-6(11(17)18)7(2)15-12(19)16-10-4-3-8(13)5-9(10)14/h3-7H,1-2H3,(H,17,18)(H2,15,16,19). The van der Waals surface area contributed by atoms with Crippen molar-refractivity contribution in [1.82, 2.24) is 5.32 Å². The molecule has 0 aromatic heterocycles. The number of hydrogen-bond donors (Lipinski definition) is 3. The van der Waals surface area contributed by atoms with Crippen molar-refractivity contribution < 1.29 is 19.1 Å². The van der Waals surface area contributed by atoms with Crippen LogP contribution in [0.2, 0.25) is 0 Å². The van der Waals surface area contributed by atoms with Crippen LogP contribution in [-0.2, 0) is 4.79 Å². The molecule has 0 saturated heterocycles. The summed E-state index contributed by atoms with van der Waals surface area (Å²) in [4.78, 5) is 22.4. The molecule has 1 aromatic rings. The van der Waals surface area contributed by atoms with Crippen LogP contribution in [0.4, 0.5) is 14.9 Å². The SMILES string of the molecule is CC(NC(=O)Nc1ccc(F)cc1I)C(C)C(=O)O. The van der Waals surface area contributed by atoms with Gasteiger partial charge in [0.05, 0.1) is 11.6 Å². The van der Waals surface area contributed by atoms with Crippen molar-refractivity contribution in [2.24, 2.45) is 5.92 Å². The van der Waals surface area contributed by atoms with Gasteiger partial charge in [0.2, 0.25) is 0 Å². The van der Waals surface area contributed by atoms with E-state index in [9.17, 15) is 14.0 Å². The Morgan fingerprint density at radius 3 is 2.53 bits per heavy atom. The molecule has 0 aliphatic rings. The molecule has 0 spiro atoms. The van der Waals surface area contributed by atoms with Crippen LogP contribution in [0.1, 0.15) is 13.8 Å². The molecule has 0 radical (unpaired) electrons. The van der Waals surface area contributed by atoms with Crippen LogP contribution < -0.4 is 10.6 Å². The maximum absolute atomic E-state index is 12.9. The minimum Gasteiger partial charge on any atom is -0.481 e. The lowest BCUT2D eigenvalue weighted by molar-refractivity contribution is -0.141. The highest BCUT2D eigenvalue weighted by Gasteiger charge is 2.21. The first-order valence-corrected chi connectivity index (χ1v) is 6.64. The molecule has 0 saturated carbocycles. The van der Waals surface area contributed by atoms with Gasteiger partial charge in [-0.15, -0.1) is 0 Å². The quantitative estimate of drug-likeness (QED) is 0.703. The molecule has 2 amide bonds. The number of hydrogen-bond acceptors (Lipinski definition) is 2. The van der Waals surface area contributed by atoms with Gasteiger partial charge in [0.1, 0.15) is 5.82 Å². The summed E-state index contributed by atoms with van der Waals surface area (Å²) in [6, 6.07) is 2.93. The summed E-state index contributed by atoms with van der Waals surface area (Å²) >= 11 is 1.90. The summed E-state index contributed by atoms with van der Waals surface area (Å²) in [5.41, 5.74) is 0.467. The lowest BCUT2D eigenvalue weighted by atomic mass is 10.0. The van der Waals surface area contributed by atoms with Gasteiger partial charge in [0.25, 0.3) is 0 Å². The second kappa shape index (κ2) is 6.69. The number of halogens is 2. The van der Waals surface area contributed by atoms with Crippen LogP contribution in [0.3, 0.4) is 0 Å². The Labute approximate surface area is 123 Å². The second-order valence-electron chi connectivity index (χ2n) is 4.14. The number of anilines is 1. The fraction of sp³-hybridized carbons (Fsp3) is 0.333. The van der Waals surface area contributed by atoms with Gasteiger partial charge >= 0.3 is 12.0 Å². The van der Waals surface area contributed by atoms with E-state index < -0.39 is 24.0 Å². The molecule has 1 aromatic carbocycles. The van der Waals surface area contributed by atoms with E-state index in [0.29, 0.717) is 9.26 Å². The summed E-state index contributed by atoms with van der Waals surface area (Å²) in [7, 11) is 0. The van der Waals surface area contributed by atoms with Gasteiger partial charge in [-0.25, -0.2) is 9.18 Å². The predicted molar refractivity (Wildman–Crippen MR) is 77.5 cm³/mol. The molecule has 19 heavy (non-hydrogen) atoms. The largest absolute Gasteiger partial charge is 0.481 e. The zero-order valence-electron chi connectivity index (χ0n) is 10.4. The molecule has 3 N–H and O–H groups in total. The molecule has 104 valence electrons. The number of carboxylic acid groups (broad SMARTS) is 1. The number of benzene rings is 1. The van der Waals surface area contributed by atoms with Crippen LogP contribution in [0.5, 0.6) is 0 Å². The summed E-state index contributed by atoms with van der Waals surface area (Å²) < 4.78 is 13.5. The van der Waals surface area contributed by atoms with Crippen molar-refractivity contribution in [2.75, 3.05) is 5.32 Å². The maximum Gasteiger partial charge on any atom is 0.319 e. The topological polar surface area (TPSA) is 78.4 Å². The minimum absolute atomic E-state index is 0.386. The van der Waals surface area contributed by atoms with Crippen LogP contribution in [-0.4, -0.2) is 23.1 Å². The number of urea groups is 1. The zero-order valence-corrected chi connectivity index (χ0v) is 12.6. The first kappa shape index (κ1) is 15.7. The number of amides is 2. The highest BCUT2D eigenvalue weighted by Crippen LogP contribution is 2.18. The lowest BCUT2D eigenvalue weighted by Crippen LogP contribution is -2.42. The van der Waals surface area contributed by atoms with E-state index in [1.54, 1.807) is 6.92 Å². The van der Waals surface area contributed by atoms with E-state index in [-0.39, 0.29) is 5.82 Å². The third-order valence-electron chi connectivity index (χ3n) is 2.68. The van der Waals surface area contributed by atoms with Gasteiger partial charge in [-0.3, -0.25) is 4.79 Å². The van der Waals surface area contributed by atoms with E-state index in [0.717, 1.165) is 0 Å². The number of carbonyl (C=O) groups is 2. The van der Waals surface area contributed by atoms with Crippen LogP contribution >= 0.6 is 22.6 Å². The number of nitrogens with one attached hydrogen (secondary N) is 2. The van der Waals surface area contributed by atoms with Crippen LogP contribution in [0.25, 0.3) is 0 Å². The molecular formula is C12H14FIN2O3. The Balaban J connectivity index is 2.63. The summed E-state index contributed by atoms with van der Waals surface area (Å²) in [6.45, 7) is 3.11. The molecule has 1 rings (SSSR count). The second-order valence-corrected chi connectivity index (χ2v) is 5.30. The number of carboxylic acids is 1. The average Bonchev–Trinajstić information content (AvgIpc) is 2.31. The molecule has 0 aliphatic heterocycles. The molecule has 0 aliphatic carbocycles. The van der Waals surface area contributed by atoms with E-state index in [1.165, 1.54) is 25.1 Å². The summed E-state index contributed by atoms with van der Waals surface area (Å²) in [5.74, 6) is -2.06. The summed E-state index contributed by atoms with van der Waals surface area (Å²) in [6.07, 6.45) is 0. The van der Waals surface area contributed by atoms with Gasteiger partial charge in [-0.05, 0) is 54.6 Å². The Morgan fingerprint density at radius 1 is 1.37 bits per heavy atom. The molecule has 2 atom stereocenters. The fourth-order valence-corrected chi connectivity index (χ4v) is 1.91. The van der Waals surface area contributed by atoms with E-state index in [4.69, 9.17) is 5.11 Å². The van der Waals surface area contributed by atoms with Crippen molar-refractivity contribution in [1.29, 1.82) is 0 Å². The Bertz CT molecular complexity index is 496. The van der Waals surface area contributed by atoms with Crippen molar-refractivity contribution in [3.63, 3.8) is 0 Å². The van der Waals surface area contributed by atoms with Gasteiger partial charge in [-0.1, -0.05) is 0 Å². The highest BCUT2D eigenvalue weighted by atomic mass is 127. The first-order chi connectivity index (χ1) is 8.81. The molecule has 0 heterocycles. The average molecular weight is 380 g/mol. The Morgan fingerprint density at radius 2 is 2.00 bits per heavy atom. The van der Waals surface area contributed by atoms with E-state index in [2.05, 4.69) is 10.6 Å². The van der Waals surface area contributed by atoms with Crippen LogP contribution in [0, 0.1) is 15.3 Å². The van der Waals surface area contributed by atoms with E-state index >= 15 is 0 Å². The van der Waals surface area contributed by atoms with Crippen molar-refractivity contribution in [3.05, 3.63) is 27.6 Å². The highest BCUT2D eigenvalue weighted by molar-refractivity contribution is 14.1. The first-order valence-electron chi connectivity index (χ1n) is 5.56. The number of carbonyl (C=O) groups excluding carboxylic acids is 1. The van der Waals surface area contributed by atoms with Gasteiger partial charge in [0.15, 0.2) is 0 Å². The van der Waals surface area contributed by atoms with Gasteiger partial charge in [-0.2, -0.15) is 0 Å². The normalized spacial score (nSPS) is 13.5. The van der Waals surface area contributed by atoms with Crippen molar-refractivity contribution in [2.45, 2.75) is 19.9 Å². The molecular weight excluding hydrogens is 366 g/mol. The molecule has 7 heteroatoms. The van der Waals surface area contributed by atoms with Crippen molar-refractivity contribution in [3.8, 4) is 0 Å². The number of rotatable bonds is 4. The molecule has 0 bridgehead atoms. The molecule has 5 nitrogen and oxygen atoms in total. The predicted octanol–water partition coefficient (Wildman–Crippen LogP) is 2.66. The zero-order chi connectivity index (χ0) is 14.6. The lowest BCUT2D eigenvalue weighted by Gasteiger charge is -2.18. The molecule has 2 unspecified atom stereocenters. The fourth-order valence-electron chi connectivity index (χ4n) is 1.29. The maximum atomic E-state index is 12.9. The minimum atomic E-state index is -0.982. The van der Waals surface area contributed by atoms with Gasteiger partial charge < -0.3 is 15.7 Å². The monoisotopic (exact) mass is 380 g/mol. The Hall–Kier alpha value is -1.38.